The normalized spacial score (nSPS) is 18.4. The van der Waals surface area contributed by atoms with E-state index in [0.717, 1.165) is 18.9 Å². The average molecular weight is 345 g/mol. The number of amides is 1. The molecule has 0 radical (unpaired) electrons. The molecule has 0 bridgehead atoms. The molecule has 0 spiro atoms. The predicted octanol–water partition coefficient (Wildman–Crippen LogP) is 4.13. The molecule has 1 fully saturated rings. The van der Waals surface area contributed by atoms with Crippen molar-refractivity contribution in [3.63, 3.8) is 0 Å². The first-order chi connectivity index (χ1) is 11.2. The molecule has 1 aromatic rings. The van der Waals surface area contributed by atoms with Gasteiger partial charge in [0.25, 0.3) is 0 Å². The van der Waals surface area contributed by atoms with Crippen LogP contribution in [-0.2, 0) is 4.74 Å². The van der Waals surface area contributed by atoms with Crippen molar-refractivity contribution in [1.82, 2.24) is 4.90 Å². The lowest BCUT2D eigenvalue weighted by Gasteiger charge is -2.34. The van der Waals surface area contributed by atoms with E-state index in [0.29, 0.717) is 19.2 Å². The monoisotopic (exact) mass is 345 g/mol. The van der Waals surface area contributed by atoms with Gasteiger partial charge < -0.3 is 14.4 Å². The number of piperidine rings is 1. The van der Waals surface area contributed by atoms with E-state index in [4.69, 9.17) is 9.47 Å². The highest BCUT2D eigenvalue weighted by atomic mass is 19.2. The maximum absolute atomic E-state index is 13.6. The first-order valence-electron chi connectivity index (χ1n) is 7.91. The van der Waals surface area contributed by atoms with Crippen LogP contribution in [-0.4, -0.2) is 36.3 Å². The first kappa shape index (κ1) is 18.4. The molecule has 0 aromatic heterocycles. The second-order valence-corrected chi connectivity index (χ2v) is 6.92. The Balaban J connectivity index is 1.94. The summed E-state index contributed by atoms with van der Waals surface area (Å²) in [7, 11) is 0. The van der Waals surface area contributed by atoms with Crippen molar-refractivity contribution in [3.05, 3.63) is 29.6 Å². The molecule has 1 heterocycles. The van der Waals surface area contributed by atoms with E-state index >= 15 is 0 Å². The summed E-state index contributed by atoms with van der Waals surface area (Å²) in [5, 5.41) is 0. The fourth-order valence-electron chi connectivity index (χ4n) is 2.54. The van der Waals surface area contributed by atoms with Crippen molar-refractivity contribution in [3.8, 4) is 5.75 Å². The summed E-state index contributed by atoms with van der Waals surface area (Å²) in [6.45, 7) is 6.28. The summed E-state index contributed by atoms with van der Waals surface area (Å²) in [6.07, 6.45) is 1.06. The van der Waals surface area contributed by atoms with Crippen LogP contribution in [0.1, 0.15) is 33.6 Å². The maximum Gasteiger partial charge on any atom is 0.410 e. The van der Waals surface area contributed by atoms with Crippen molar-refractivity contribution in [2.45, 2.75) is 39.2 Å². The van der Waals surface area contributed by atoms with Gasteiger partial charge in [-0.3, -0.25) is 0 Å². The van der Waals surface area contributed by atoms with Crippen LogP contribution >= 0.6 is 0 Å². The van der Waals surface area contributed by atoms with Crippen molar-refractivity contribution >= 4 is 6.09 Å². The molecule has 0 N–H and O–H groups in total. The minimum absolute atomic E-state index is 0.00338. The zero-order valence-corrected chi connectivity index (χ0v) is 14.1. The van der Waals surface area contributed by atoms with Gasteiger partial charge in [-0.1, -0.05) is 0 Å². The van der Waals surface area contributed by atoms with Gasteiger partial charge in [0.1, 0.15) is 5.60 Å². The van der Waals surface area contributed by atoms with Crippen LogP contribution in [0.15, 0.2) is 12.1 Å². The van der Waals surface area contributed by atoms with E-state index in [1.807, 2.05) is 0 Å². The standard InChI is InChI=1S/C17H22F3NO3/c1-17(2,3)24-16(22)21-8-4-5-11(9-21)10-23-15-13(19)7-6-12(18)14(15)20/h6-7,11H,4-5,8-10H2,1-3H3/t11-/m0/s1. The Labute approximate surface area is 139 Å². The highest BCUT2D eigenvalue weighted by Crippen LogP contribution is 2.26. The lowest BCUT2D eigenvalue weighted by molar-refractivity contribution is 0.0137. The Morgan fingerprint density at radius 2 is 1.92 bits per heavy atom. The van der Waals surface area contributed by atoms with Gasteiger partial charge in [-0.2, -0.15) is 4.39 Å². The van der Waals surface area contributed by atoms with E-state index in [1.165, 1.54) is 0 Å². The van der Waals surface area contributed by atoms with E-state index in [9.17, 15) is 18.0 Å². The Hall–Kier alpha value is -1.92. The van der Waals surface area contributed by atoms with Crippen LogP contribution in [0, 0.1) is 23.4 Å². The molecule has 1 amide bonds. The molecule has 0 unspecified atom stereocenters. The summed E-state index contributed by atoms with van der Waals surface area (Å²) in [5.74, 6) is -4.27. The number of likely N-dealkylation sites (tertiary alicyclic amines) is 1. The summed E-state index contributed by atoms with van der Waals surface area (Å²) >= 11 is 0. The summed E-state index contributed by atoms with van der Waals surface area (Å²) < 4.78 is 50.8. The van der Waals surface area contributed by atoms with Crippen LogP contribution in [0.2, 0.25) is 0 Å². The molecule has 24 heavy (non-hydrogen) atoms. The fraction of sp³-hybridized carbons (Fsp3) is 0.588. The van der Waals surface area contributed by atoms with E-state index in [2.05, 4.69) is 0 Å². The van der Waals surface area contributed by atoms with Crippen LogP contribution < -0.4 is 4.74 Å². The predicted molar refractivity (Wildman–Crippen MR) is 82.3 cm³/mol. The SMILES string of the molecule is CC(C)(C)OC(=O)N1CCC[C@H](COc2c(F)ccc(F)c2F)C1. The zero-order valence-electron chi connectivity index (χ0n) is 14.1. The lowest BCUT2D eigenvalue weighted by atomic mass is 9.99. The molecule has 1 aliphatic heterocycles. The second kappa shape index (κ2) is 7.32. The van der Waals surface area contributed by atoms with Gasteiger partial charge in [0.15, 0.2) is 17.4 Å². The number of benzene rings is 1. The van der Waals surface area contributed by atoms with Crippen molar-refractivity contribution in [2.24, 2.45) is 5.92 Å². The lowest BCUT2D eigenvalue weighted by Crippen LogP contribution is -2.44. The second-order valence-electron chi connectivity index (χ2n) is 6.92. The number of halogens is 3. The van der Waals surface area contributed by atoms with Gasteiger partial charge in [-0.25, -0.2) is 13.6 Å². The van der Waals surface area contributed by atoms with Crippen LogP contribution in [0.5, 0.6) is 5.75 Å². The fourth-order valence-corrected chi connectivity index (χ4v) is 2.54. The molecule has 4 nitrogen and oxygen atoms in total. The number of ether oxygens (including phenoxy) is 2. The van der Waals surface area contributed by atoms with Gasteiger partial charge in [-0.15, -0.1) is 0 Å². The Kier molecular flexibility index (Phi) is 5.62. The Bertz CT molecular complexity index is 601. The molecule has 0 saturated carbocycles. The number of carbonyl (C=O) groups excluding carboxylic acids is 1. The highest BCUT2D eigenvalue weighted by Gasteiger charge is 2.28. The van der Waals surface area contributed by atoms with Crippen molar-refractivity contribution in [1.29, 1.82) is 0 Å². The number of carbonyl (C=O) groups is 1. The largest absolute Gasteiger partial charge is 0.487 e. The molecule has 0 aliphatic carbocycles. The zero-order chi connectivity index (χ0) is 17.9. The minimum atomic E-state index is -1.34. The summed E-state index contributed by atoms with van der Waals surface area (Å²) in [4.78, 5) is 13.6. The first-order valence-corrected chi connectivity index (χ1v) is 7.91. The van der Waals surface area contributed by atoms with Gasteiger partial charge in [0.05, 0.1) is 6.61 Å². The Morgan fingerprint density at radius 3 is 2.58 bits per heavy atom. The molecular formula is C17H22F3NO3. The van der Waals surface area contributed by atoms with Gasteiger partial charge >= 0.3 is 6.09 Å². The van der Waals surface area contributed by atoms with Crippen molar-refractivity contribution in [2.75, 3.05) is 19.7 Å². The molecular weight excluding hydrogens is 323 g/mol. The number of hydrogen-bond donors (Lipinski definition) is 0. The van der Waals surface area contributed by atoms with Crippen LogP contribution in [0.3, 0.4) is 0 Å². The quantitative estimate of drug-likeness (QED) is 0.773. The van der Waals surface area contributed by atoms with E-state index in [1.54, 1.807) is 25.7 Å². The Morgan fingerprint density at radius 1 is 1.25 bits per heavy atom. The third-order valence-electron chi connectivity index (χ3n) is 3.64. The van der Waals surface area contributed by atoms with Gasteiger partial charge in [-0.05, 0) is 45.7 Å². The molecule has 7 heteroatoms. The van der Waals surface area contributed by atoms with Crippen molar-refractivity contribution < 1.29 is 27.4 Å². The molecule has 2 rings (SSSR count). The third kappa shape index (κ3) is 4.79. The smallest absolute Gasteiger partial charge is 0.410 e. The summed E-state index contributed by atoms with van der Waals surface area (Å²) in [5.41, 5.74) is -0.589. The van der Waals surface area contributed by atoms with Crippen LogP contribution in [0.25, 0.3) is 0 Å². The van der Waals surface area contributed by atoms with Crippen LogP contribution in [0.4, 0.5) is 18.0 Å². The maximum atomic E-state index is 13.6. The van der Waals surface area contributed by atoms with E-state index in [-0.39, 0.29) is 12.5 Å². The van der Waals surface area contributed by atoms with Gasteiger partial charge in [0.2, 0.25) is 5.82 Å². The number of nitrogens with zero attached hydrogens (tertiary/aromatic N) is 1. The molecule has 1 aromatic carbocycles. The minimum Gasteiger partial charge on any atom is -0.487 e. The number of hydrogen-bond acceptors (Lipinski definition) is 3. The molecule has 1 saturated heterocycles. The summed E-state index contributed by atoms with van der Waals surface area (Å²) in [6, 6.07) is 1.53. The topological polar surface area (TPSA) is 38.8 Å². The van der Waals surface area contributed by atoms with Gasteiger partial charge in [0, 0.05) is 19.0 Å². The highest BCUT2D eigenvalue weighted by molar-refractivity contribution is 5.68. The molecule has 1 atom stereocenters. The third-order valence-corrected chi connectivity index (χ3v) is 3.64. The van der Waals surface area contributed by atoms with E-state index < -0.39 is 34.9 Å². The molecule has 1 aliphatic rings. The average Bonchev–Trinajstić information content (AvgIpc) is 2.50. The molecule has 134 valence electrons. The number of rotatable bonds is 3.